The molecule has 2 rings (SSSR count). The summed E-state index contributed by atoms with van der Waals surface area (Å²) in [7, 11) is 0. The van der Waals surface area contributed by atoms with Crippen molar-refractivity contribution >= 4 is 23.3 Å². The number of amides is 2. The van der Waals surface area contributed by atoms with Gasteiger partial charge in [0.2, 0.25) is 5.91 Å². The van der Waals surface area contributed by atoms with Gasteiger partial charge in [-0.25, -0.2) is 4.68 Å². The fourth-order valence-electron chi connectivity index (χ4n) is 2.04. The molecule has 1 heterocycles. The molecule has 9 nitrogen and oxygen atoms in total. The maximum Gasteiger partial charge on any atom is 0.270 e. The predicted octanol–water partition coefficient (Wildman–Crippen LogP) is 1.74. The van der Waals surface area contributed by atoms with Gasteiger partial charge in [-0.1, -0.05) is 6.07 Å². The topological polar surface area (TPSA) is 119 Å². The molecule has 1 aromatic heterocycles. The number of hydrogen-bond acceptors (Lipinski definition) is 5. The normalized spacial score (nSPS) is 10.5. The molecule has 2 amide bonds. The van der Waals surface area contributed by atoms with Gasteiger partial charge in [0.15, 0.2) is 0 Å². The van der Waals surface area contributed by atoms with E-state index in [1.165, 1.54) is 18.2 Å². The van der Waals surface area contributed by atoms with Crippen LogP contribution in [0.25, 0.3) is 0 Å². The van der Waals surface area contributed by atoms with Crippen LogP contribution in [-0.2, 0) is 4.79 Å². The van der Waals surface area contributed by atoms with Crippen LogP contribution in [0.15, 0.2) is 36.5 Å². The number of hydrogen-bond donors (Lipinski definition) is 2. The molecule has 126 valence electrons. The van der Waals surface area contributed by atoms with Gasteiger partial charge in [-0.15, -0.1) is 0 Å². The number of aromatic nitrogens is 2. The van der Waals surface area contributed by atoms with Crippen molar-refractivity contribution in [1.82, 2.24) is 15.1 Å². The number of anilines is 1. The highest BCUT2D eigenvalue weighted by atomic mass is 16.6. The van der Waals surface area contributed by atoms with E-state index in [1.807, 2.05) is 13.8 Å². The van der Waals surface area contributed by atoms with Crippen LogP contribution in [0, 0.1) is 10.1 Å². The first-order valence-corrected chi connectivity index (χ1v) is 7.24. The Hall–Kier alpha value is -3.23. The standard InChI is InChI=1S/C15H17N5O4/c1-10(2)19-13(6-7-17-19)18-14(21)9-16-15(22)11-4-3-5-12(8-11)20(23)24/h3-8,10H,9H2,1-2H3,(H,16,22)(H,18,21). The molecule has 0 saturated carbocycles. The lowest BCUT2D eigenvalue weighted by Gasteiger charge is -2.12. The third-order valence-electron chi connectivity index (χ3n) is 3.16. The zero-order chi connectivity index (χ0) is 17.7. The Labute approximate surface area is 137 Å². The summed E-state index contributed by atoms with van der Waals surface area (Å²) in [6.07, 6.45) is 1.57. The van der Waals surface area contributed by atoms with Gasteiger partial charge in [0, 0.05) is 29.8 Å². The van der Waals surface area contributed by atoms with Gasteiger partial charge in [-0.3, -0.25) is 19.7 Å². The number of nitrogens with zero attached hydrogens (tertiary/aromatic N) is 3. The largest absolute Gasteiger partial charge is 0.343 e. The summed E-state index contributed by atoms with van der Waals surface area (Å²) in [5.74, 6) is -0.456. The van der Waals surface area contributed by atoms with E-state index >= 15 is 0 Å². The number of carbonyl (C=O) groups is 2. The highest BCUT2D eigenvalue weighted by Gasteiger charge is 2.14. The van der Waals surface area contributed by atoms with Crippen LogP contribution in [0.2, 0.25) is 0 Å². The fourth-order valence-corrected chi connectivity index (χ4v) is 2.04. The van der Waals surface area contributed by atoms with Gasteiger partial charge in [0.1, 0.15) is 5.82 Å². The van der Waals surface area contributed by atoms with Crippen molar-refractivity contribution in [1.29, 1.82) is 0 Å². The molecular formula is C15H17N5O4. The zero-order valence-corrected chi connectivity index (χ0v) is 13.2. The SMILES string of the molecule is CC(C)n1nccc1NC(=O)CNC(=O)c1cccc([N+](=O)[O-])c1. The number of carbonyl (C=O) groups excluding carboxylic acids is 2. The Morgan fingerprint density at radius 1 is 1.33 bits per heavy atom. The second kappa shape index (κ2) is 7.36. The Balaban J connectivity index is 1.94. The smallest absolute Gasteiger partial charge is 0.270 e. The van der Waals surface area contributed by atoms with Crippen molar-refractivity contribution < 1.29 is 14.5 Å². The minimum absolute atomic E-state index is 0.0785. The van der Waals surface area contributed by atoms with Crippen LogP contribution >= 0.6 is 0 Å². The quantitative estimate of drug-likeness (QED) is 0.617. The van der Waals surface area contributed by atoms with E-state index in [0.29, 0.717) is 5.82 Å². The van der Waals surface area contributed by atoms with Crippen molar-refractivity contribution in [2.45, 2.75) is 19.9 Å². The van der Waals surface area contributed by atoms with Crippen LogP contribution in [0.3, 0.4) is 0 Å². The van der Waals surface area contributed by atoms with Gasteiger partial charge in [0.05, 0.1) is 17.7 Å². The van der Waals surface area contributed by atoms with Crippen LogP contribution in [0.1, 0.15) is 30.2 Å². The molecular weight excluding hydrogens is 314 g/mol. The molecule has 0 spiro atoms. The van der Waals surface area contributed by atoms with Crippen molar-refractivity contribution in [3.8, 4) is 0 Å². The average Bonchev–Trinajstić information content (AvgIpc) is 3.01. The molecule has 0 fully saturated rings. The van der Waals surface area contributed by atoms with E-state index in [9.17, 15) is 19.7 Å². The van der Waals surface area contributed by atoms with Crippen molar-refractivity contribution in [2.75, 3.05) is 11.9 Å². The number of nitro benzene ring substituents is 1. The molecule has 9 heteroatoms. The Morgan fingerprint density at radius 2 is 2.08 bits per heavy atom. The number of benzene rings is 1. The van der Waals surface area contributed by atoms with Gasteiger partial charge in [0.25, 0.3) is 11.6 Å². The molecule has 1 aromatic carbocycles. The van der Waals surface area contributed by atoms with E-state index in [-0.39, 0.29) is 23.8 Å². The summed E-state index contributed by atoms with van der Waals surface area (Å²) >= 11 is 0. The summed E-state index contributed by atoms with van der Waals surface area (Å²) in [5, 5.41) is 19.9. The molecule has 0 aliphatic carbocycles. The number of nitrogens with one attached hydrogen (secondary N) is 2. The summed E-state index contributed by atoms with van der Waals surface area (Å²) in [5.41, 5.74) is -0.0721. The summed E-state index contributed by atoms with van der Waals surface area (Å²) in [6, 6.07) is 7.02. The summed E-state index contributed by atoms with van der Waals surface area (Å²) in [4.78, 5) is 34.0. The summed E-state index contributed by atoms with van der Waals surface area (Å²) < 4.78 is 1.64. The van der Waals surface area contributed by atoms with Crippen LogP contribution < -0.4 is 10.6 Å². The third-order valence-corrected chi connectivity index (χ3v) is 3.16. The van der Waals surface area contributed by atoms with Crippen molar-refractivity contribution in [3.05, 3.63) is 52.2 Å². The van der Waals surface area contributed by atoms with E-state index in [2.05, 4.69) is 15.7 Å². The fraction of sp³-hybridized carbons (Fsp3) is 0.267. The highest BCUT2D eigenvalue weighted by molar-refractivity contribution is 5.99. The first kappa shape index (κ1) is 17.1. The number of nitro groups is 1. The second-order valence-corrected chi connectivity index (χ2v) is 5.29. The maximum absolute atomic E-state index is 12.0. The molecule has 0 unspecified atom stereocenters. The van der Waals surface area contributed by atoms with Crippen LogP contribution in [-0.4, -0.2) is 33.1 Å². The highest BCUT2D eigenvalue weighted by Crippen LogP contribution is 2.14. The molecule has 0 radical (unpaired) electrons. The van der Waals surface area contributed by atoms with Gasteiger partial charge in [-0.2, -0.15) is 5.10 Å². The van der Waals surface area contributed by atoms with Gasteiger partial charge in [-0.05, 0) is 19.9 Å². The minimum Gasteiger partial charge on any atom is -0.343 e. The zero-order valence-electron chi connectivity index (χ0n) is 13.2. The van der Waals surface area contributed by atoms with Crippen LogP contribution in [0.4, 0.5) is 11.5 Å². The Kier molecular flexibility index (Phi) is 5.25. The molecule has 0 atom stereocenters. The van der Waals surface area contributed by atoms with E-state index in [1.54, 1.807) is 16.9 Å². The second-order valence-electron chi connectivity index (χ2n) is 5.29. The molecule has 2 N–H and O–H groups in total. The molecule has 24 heavy (non-hydrogen) atoms. The lowest BCUT2D eigenvalue weighted by atomic mass is 10.2. The van der Waals surface area contributed by atoms with E-state index in [4.69, 9.17) is 0 Å². The van der Waals surface area contributed by atoms with Crippen molar-refractivity contribution in [2.24, 2.45) is 0 Å². The lowest BCUT2D eigenvalue weighted by Crippen LogP contribution is -2.33. The van der Waals surface area contributed by atoms with E-state index < -0.39 is 16.7 Å². The van der Waals surface area contributed by atoms with Crippen molar-refractivity contribution in [3.63, 3.8) is 0 Å². The molecule has 0 aliphatic rings. The van der Waals surface area contributed by atoms with Gasteiger partial charge < -0.3 is 10.6 Å². The predicted molar refractivity (Wildman–Crippen MR) is 86.7 cm³/mol. The maximum atomic E-state index is 12.0. The summed E-state index contributed by atoms with van der Waals surface area (Å²) in [6.45, 7) is 3.59. The number of non-ortho nitro benzene ring substituents is 1. The number of rotatable bonds is 6. The molecule has 0 bridgehead atoms. The molecule has 0 saturated heterocycles. The first-order valence-electron chi connectivity index (χ1n) is 7.24. The minimum atomic E-state index is -0.587. The Bertz CT molecular complexity index is 769. The average molecular weight is 331 g/mol. The van der Waals surface area contributed by atoms with Gasteiger partial charge >= 0.3 is 0 Å². The monoisotopic (exact) mass is 331 g/mol. The van der Waals surface area contributed by atoms with Crippen LogP contribution in [0.5, 0.6) is 0 Å². The van der Waals surface area contributed by atoms with E-state index in [0.717, 1.165) is 6.07 Å². The molecule has 2 aromatic rings. The Morgan fingerprint density at radius 3 is 2.75 bits per heavy atom. The third kappa shape index (κ3) is 4.15. The first-order chi connectivity index (χ1) is 11.4. The molecule has 0 aliphatic heterocycles. The lowest BCUT2D eigenvalue weighted by molar-refractivity contribution is -0.384.